The fraction of sp³-hybridized carbons (Fsp3) is 0.769. The van der Waals surface area contributed by atoms with Crippen molar-refractivity contribution in [2.75, 3.05) is 5.88 Å². The van der Waals surface area contributed by atoms with Crippen molar-refractivity contribution in [3.05, 3.63) is 17.5 Å². The van der Waals surface area contributed by atoms with E-state index in [0.717, 1.165) is 19.5 Å². The second kappa shape index (κ2) is 5.40. The van der Waals surface area contributed by atoms with Gasteiger partial charge in [-0.25, -0.2) is 0 Å². The summed E-state index contributed by atoms with van der Waals surface area (Å²) in [6.45, 7) is 6.10. The van der Waals surface area contributed by atoms with Crippen molar-refractivity contribution < 1.29 is 0 Å². The van der Waals surface area contributed by atoms with Gasteiger partial charge in [0, 0.05) is 24.5 Å². The number of halogens is 1. The number of aromatic nitrogens is 2. The Labute approximate surface area is 109 Å². The number of aryl methyl sites for hydroxylation is 2. The molecular weight excluding hydrogens is 234 g/mol. The minimum Gasteiger partial charge on any atom is -0.304 e. The second-order valence-corrected chi connectivity index (χ2v) is 5.18. The van der Waals surface area contributed by atoms with Crippen molar-refractivity contribution >= 4 is 11.6 Å². The van der Waals surface area contributed by atoms with Gasteiger partial charge in [-0.15, -0.1) is 11.6 Å². The smallest absolute Gasteiger partial charge is 0.0625 e. The maximum Gasteiger partial charge on any atom is 0.0625 e. The Morgan fingerprint density at radius 1 is 1.47 bits per heavy atom. The summed E-state index contributed by atoms with van der Waals surface area (Å²) in [5.41, 5.74) is 2.65. The molecule has 1 aromatic heterocycles. The molecule has 17 heavy (non-hydrogen) atoms. The average molecular weight is 256 g/mol. The number of nitrogens with one attached hydrogen (secondary N) is 1. The summed E-state index contributed by atoms with van der Waals surface area (Å²) in [5.74, 6) is 0.716. The molecule has 1 aliphatic rings. The zero-order chi connectivity index (χ0) is 12.3. The minimum absolute atomic E-state index is 0.191. The third kappa shape index (κ3) is 2.66. The first kappa shape index (κ1) is 12.9. The van der Waals surface area contributed by atoms with Crippen molar-refractivity contribution in [2.24, 2.45) is 0 Å². The molecule has 0 saturated heterocycles. The van der Waals surface area contributed by atoms with Gasteiger partial charge in [-0.2, -0.15) is 5.10 Å². The molecule has 0 radical (unpaired) electrons. The number of hydrogen-bond acceptors (Lipinski definition) is 2. The zero-order valence-corrected chi connectivity index (χ0v) is 11.6. The molecule has 1 heterocycles. The molecule has 0 aliphatic heterocycles. The topological polar surface area (TPSA) is 29.9 Å². The monoisotopic (exact) mass is 255 g/mol. The van der Waals surface area contributed by atoms with Crippen LogP contribution in [0.1, 0.15) is 44.5 Å². The SMILES string of the molecule is CCc1cc(CNC2(CCl)CCC2)n(CC)n1. The average Bonchev–Trinajstić information content (AvgIpc) is 2.71. The molecule has 0 amide bonds. The summed E-state index contributed by atoms with van der Waals surface area (Å²) in [6, 6.07) is 2.21. The Morgan fingerprint density at radius 3 is 2.71 bits per heavy atom. The van der Waals surface area contributed by atoms with Gasteiger partial charge in [0.1, 0.15) is 0 Å². The van der Waals surface area contributed by atoms with Crippen molar-refractivity contribution in [3.8, 4) is 0 Å². The maximum atomic E-state index is 6.05. The van der Waals surface area contributed by atoms with Crippen molar-refractivity contribution in [2.45, 2.75) is 58.2 Å². The van der Waals surface area contributed by atoms with Gasteiger partial charge in [-0.1, -0.05) is 6.92 Å². The highest BCUT2D eigenvalue weighted by Crippen LogP contribution is 2.33. The summed E-state index contributed by atoms with van der Waals surface area (Å²) < 4.78 is 2.09. The molecule has 1 aromatic rings. The molecule has 1 saturated carbocycles. The van der Waals surface area contributed by atoms with Crippen LogP contribution in [0, 0.1) is 0 Å². The van der Waals surface area contributed by atoms with Crippen LogP contribution in [-0.2, 0) is 19.5 Å². The first-order valence-corrected chi connectivity index (χ1v) is 7.13. The van der Waals surface area contributed by atoms with Crippen LogP contribution in [0.3, 0.4) is 0 Å². The lowest BCUT2D eigenvalue weighted by molar-refractivity contribution is 0.209. The first-order valence-electron chi connectivity index (χ1n) is 6.59. The van der Waals surface area contributed by atoms with Crippen molar-refractivity contribution in [1.29, 1.82) is 0 Å². The fourth-order valence-electron chi connectivity index (χ4n) is 2.34. The molecule has 0 atom stereocenters. The third-order valence-corrected chi connectivity index (χ3v) is 4.30. The highest BCUT2D eigenvalue weighted by Gasteiger charge is 2.35. The fourth-order valence-corrected chi connectivity index (χ4v) is 2.70. The van der Waals surface area contributed by atoms with Crippen LogP contribution in [0.25, 0.3) is 0 Å². The summed E-state index contributed by atoms with van der Waals surface area (Å²) in [7, 11) is 0. The van der Waals surface area contributed by atoms with E-state index in [2.05, 4.69) is 35.0 Å². The van der Waals surface area contributed by atoms with Crippen LogP contribution in [0.4, 0.5) is 0 Å². The highest BCUT2D eigenvalue weighted by molar-refractivity contribution is 6.18. The highest BCUT2D eigenvalue weighted by atomic mass is 35.5. The van der Waals surface area contributed by atoms with E-state index in [1.54, 1.807) is 0 Å². The summed E-state index contributed by atoms with van der Waals surface area (Å²) in [6.07, 6.45) is 4.71. The molecule has 1 fully saturated rings. The first-order chi connectivity index (χ1) is 8.23. The zero-order valence-electron chi connectivity index (χ0n) is 10.8. The maximum absolute atomic E-state index is 6.05. The van der Waals surface area contributed by atoms with E-state index in [0.29, 0.717) is 5.88 Å². The molecule has 3 nitrogen and oxygen atoms in total. The molecule has 0 spiro atoms. The van der Waals surface area contributed by atoms with Gasteiger partial charge in [0.05, 0.1) is 11.4 Å². The van der Waals surface area contributed by atoms with Crippen LogP contribution in [-0.4, -0.2) is 21.2 Å². The van der Waals surface area contributed by atoms with Crippen LogP contribution < -0.4 is 5.32 Å². The molecule has 1 aliphatic carbocycles. The largest absolute Gasteiger partial charge is 0.304 e. The van der Waals surface area contributed by atoms with Crippen molar-refractivity contribution in [1.82, 2.24) is 15.1 Å². The number of hydrogen-bond donors (Lipinski definition) is 1. The van der Waals surface area contributed by atoms with E-state index < -0.39 is 0 Å². The van der Waals surface area contributed by atoms with Gasteiger partial charge in [-0.05, 0) is 38.7 Å². The quantitative estimate of drug-likeness (QED) is 0.793. The Kier molecular flexibility index (Phi) is 4.10. The van der Waals surface area contributed by atoms with Crippen LogP contribution >= 0.6 is 11.6 Å². The molecule has 96 valence electrons. The lowest BCUT2D eigenvalue weighted by Gasteiger charge is -2.41. The standard InChI is InChI=1S/C13H22ClN3/c1-3-11-8-12(17(4-2)16-11)9-15-13(10-14)6-5-7-13/h8,15H,3-7,9-10H2,1-2H3. The van der Waals surface area contributed by atoms with Crippen molar-refractivity contribution in [3.63, 3.8) is 0 Å². The number of nitrogens with zero attached hydrogens (tertiary/aromatic N) is 2. The molecule has 0 aromatic carbocycles. The Hall–Kier alpha value is -0.540. The van der Waals surface area contributed by atoms with Gasteiger partial charge in [0.2, 0.25) is 0 Å². The van der Waals surface area contributed by atoms with Gasteiger partial charge in [-0.3, -0.25) is 4.68 Å². The third-order valence-electron chi connectivity index (χ3n) is 3.79. The molecule has 0 unspecified atom stereocenters. The Morgan fingerprint density at radius 2 is 2.24 bits per heavy atom. The minimum atomic E-state index is 0.191. The normalized spacial score (nSPS) is 18.1. The van der Waals surface area contributed by atoms with Crippen LogP contribution in [0.15, 0.2) is 6.07 Å². The van der Waals surface area contributed by atoms with Gasteiger partial charge >= 0.3 is 0 Å². The molecule has 2 rings (SSSR count). The number of rotatable bonds is 6. The Bertz CT molecular complexity index is 363. The predicted octanol–water partition coefficient (Wildman–Crippen LogP) is 2.72. The van der Waals surface area contributed by atoms with E-state index in [9.17, 15) is 0 Å². The summed E-state index contributed by atoms with van der Waals surface area (Å²) >= 11 is 6.05. The lowest BCUT2D eigenvalue weighted by atomic mass is 9.78. The van der Waals surface area contributed by atoms with E-state index in [4.69, 9.17) is 11.6 Å². The molecular formula is C13H22ClN3. The van der Waals surface area contributed by atoms with Crippen LogP contribution in [0.2, 0.25) is 0 Å². The van der Waals surface area contributed by atoms with E-state index in [1.807, 2.05) is 0 Å². The number of alkyl halides is 1. The molecule has 0 bridgehead atoms. The Balaban J connectivity index is 2.00. The van der Waals surface area contributed by atoms with E-state index in [1.165, 1.54) is 30.7 Å². The predicted molar refractivity (Wildman–Crippen MR) is 71.4 cm³/mol. The molecule has 4 heteroatoms. The second-order valence-electron chi connectivity index (χ2n) is 4.92. The van der Waals surface area contributed by atoms with Crippen LogP contribution in [0.5, 0.6) is 0 Å². The van der Waals surface area contributed by atoms with Gasteiger partial charge in [0.25, 0.3) is 0 Å². The molecule has 1 N–H and O–H groups in total. The van der Waals surface area contributed by atoms with E-state index in [-0.39, 0.29) is 5.54 Å². The summed E-state index contributed by atoms with van der Waals surface area (Å²) in [4.78, 5) is 0. The van der Waals surface area contributed by atoms with E-state index >= 15 is 0 Å². The van der Waals surface area contributed by atoms with Gasteiger partial charge in [0.15, 0.2) is 0 Å². The lowest BCUT2D eigenvalue weighted by Crippen LogP contribution is -2.52. The van der Waals surface area contributed by atoms with Gasteiger partial charge < -0.3 is 5.32 Å². The summed E-state index contributed by atoms with van der Waals surface area (Å²) in [5, 5.41) is 8.18.